The van der Waals surface area contributed by atoms with Crippen molar-refractivity contribution < 1.29 is 0 Å². The summed E-state index contributed by atoms with van der Waals surface area (Å²) in [5.74, 6) is 0.0602. The van der Waals surface area contributed by atoms with Gasteiger partial charge >= 0.3 is 0 Å². The van der Waals surface area contributed by atoms with E-state index in [0.29, 0.717) is 0 Å². The maximum atomic E-state index is 8.58. The lowest BCUT2D eigenvalue weighted by Gasteiger charge is -1.93. The van der Waals surface area contributed by atoms with Gasteiger partial charge in [-0.25, -0.2) is 0 Å². The molecule has 2 aliphatic carbocycles. The summed E-state index contributed by atoms with van der Waals surface area (Å²) in [5.41, 5.74) is 2.29. The summed E-state index contributed by atoms with van der Waals surface area (Å²) in [6, 6.07) is 2.23. The minimum atomic E-state index is 0.0602. The van der Waals surface area contributed by atoms with Crippen molar-refractivity contribution in [2.75, 3.05) is 0 Å². The van der Waals surface area contributed by atoms with Crippen LogP contribution in [0.4, 0.5) is 0 Å². The van der Waals surface area contributed by atoms with Crippen LogP contribution in [0.15, 0.2) is 35.5 Å². The molecule has 0 aromatic carbocycles. The van der Waals surface area contributed by atoms with Gasteiger partial charge in [-0.2, -0.15) is 5.26 Å². The van der Waals surface area contributed by atoms with Crippen molar-refractivity contribution in [2.24, 2.45) is 5.92 Å². The highest BCUT2D eigenvalue weighted by atomic mass is 14.3. The van der Waals surface area contributed by atoms with Crippen molar-refractivity contribution in [1.29, 1.82) is 5.26 Å². The zero-order chi connectivity index (χ0) is 6.27. The van der Waals surface area contributed by atoms with Gasteiger partial charge in [-0.15, -0.1) is 0 Å². The normalized spacial score (nSPS) is 21.7. The van der Waals surface area contributed by atoms with Crippen molar-refractivity contribution >= 4 is 0 Å². The first-order valence-corrected chi connectivity index (χ1v) is 2.91. The van der Waals surface area contributed by atoms with E-state index in [2.05, 4.69) is 6.07 Å². The van der Waals surface area contributed by atoms with Crippen LogP contribution in [0.3, 0.4) is 0 Å². The third-order valence-electron chi connectivity index (χ3n) is 1.73. The lowest BCUT2D eigenvalue weighted by molar-refractivity contribution is 1.03. The van der Waals surface area contributed by atoms with Crippen molar-refractivity contribution in [3.05, 3.63) is 35.5 Å². The molecule has 1 heteroatoms. The second-order valence-electron chi connectivity index (χ2n) is 2.23. The zero-order valence-electron chi connectivity index (χ0n) is 4.83. The van der Waals surface area contributed by atoms with Gasteiger partial charge in [0, 0.05) is 0 Å². The molecule has 0 spiro atoms. The van der Waals surface area contributed by atoms with E-state index in [1.807, 2.05) is 24.3 Å². The average molecular weight is 115 g/mol. The fourth-order valence-electron chi connectivity index (χ4n) is 1.22. The molecule has 0 N–H and O–H groups in total. The summed E-state index contributed by atoms with van der Waals surface area (Å²) in [4.78, 5) is 0. The van der Waals surface area contributed by atoms with Crippen LogP contribution in [0.5, 0.6) is 0 Å². The van der Waals surface area contributed by atoms with Crippen LogP contribution in [0, 0.1) is 17.2 Å². The molecule has 0 aliphatic heterocycles. The molecule has 9 heavy (non-hydrogen) atoms. The molecule has 0 amide bonds. The Morgan fingerprint density at radius 1 is 1.22 bits per heavy atom. The van der Waals surface area contributed by atoms with Crippen LogP contribution in [-0.4, -0.2) is 0 Å². The van der Waals surface area contributed by atoms with Gasteiger partial charge in [-0.05, 0) is 11.1 Å². The Kier molecular flexibility index (Phi) is 0.689. The number of nitrogens with zero attached hydrogens (tertiary/aromatic N) is 1. The molecule has 0 aromatic rings. The summed E-state index contributed by atoms with van der Waals surface area (Å²) < 4.78 is 0. The molecule has 0 unspecified atom stereocenters. The molecule has 0 aromatic heterocycles. The fraction of sp³-hybridized carbons (Fsp3) is 0.125. The molecule has 0 radical (unpaired) electrons. The number of allylic oxidation sites excluding steroid dienone is 6. The van der Waals surface area contributed by atoms with Gasteiger partial charge in [0.15, 0.2) is 0 Å². The maximum Gasteiger partial charge on any atom is 0.0962 e. The molecule has 0 saturated carbocycles. The average Bonchev–Trinajstić information content (AvgIpc) is 2.44. The van der Waals surface area contributed by atoms with E-state index in [1.165, 1.54) is 0 Å². The molecule has 2 aliphatic rings. The predicted octanol–water partition coefficient (Wildman–Crippen LogP) is 1.56. The number of hydrogen-bond donors (Lipinski definition) is 0. The van der Waals surface area contributed by atoms with Crippen LogP contribution < -0.4 is 0 Å². The van der Waals surface area contributed by atoms with Crippen molar-refractivity contribution in [1.82, 2.24) is 0 Å². The Labute approximate surface area is 53.6 Å². The molecule has 0 atom stereocenters. The van der Waals surface area contributed by atoms with E-state index < -0.39 is 0 Å². The van der Waals surface area contributed by atoms with E-state index in [1.54, 1.807) is 0 Å². The lowest BCUT2D eigenvalue weighted by Crippen LogP contribution is -1.89. The standard InChI is InChI=1S/C8H5N/c9-5-8-6-1-2-7(8)4-3-6/h1-4,8H. The molecular formula is C8H5N. The zero-order valence-corrected chi connectivity index (χ0v) is 4.83. The summed E-state index contributed by atoms with van der Waals surface area (Å²) in [6.45, 7) is 0. The number of hydrogen-bond acceptors (Lipinski definition) is 1. The van der Waals surface area contributed by atoms with Crippen LogP contribution >= 0.6 is 0 Å². The molecule has 2 bridgehead atoms. The van der Waals surface area contributed by atoms with E-state index >= 15 is 0 Å². The first kappa shape index (κ1) is 4.58. The highest BCUT2D eigenvalue weighted by molar-refractivity contribution is 5.56. The monoisotopic (exact) mass is 115 g/mol. The second kappa shape index (κ2) is 1.35. The van der Waals surface area contributed by atoms with Gasteiger partial charge in [0.2, 0.25) is 0 Å². The molecule has 2 rings (SSSR count). The first-order chi connectivity index (χ1) is 4.42. The Morgan fingerprint density at radius 2 is 1.78 bits per heavy atom. The van der Waals surface area contributed by atoms with Gasteiger partial charge in [-0.1, -0.05) is 24.3 Å². The van der Waals surface area contributed by atoms with Crippen LogP contribution in [-0.2, 0) is 0 Å². The molecule has 0 fully saturated rings. The minimum absolute atomic E-state index is 0.0602. The summed E-state index contributed by atoms with van der Waals surface area (Å²) >= 11 is 0. The van der Waals surface area contributed by atoms with Crippen molar-refractivity contribution in [2.45, 2.75) is 0 Å². The summed E-state index contributed by atoms with van der Waals surface area (Å²) in [5, 5.41) is 8.58. The van der Waals surface area contributed by atoms with Gasteiger partial charge < -0.3 is 0 Å². The number of rotatable bonds is 0. The first-order valence-electron chi connectivity index (χ1n) is 2.91. The molecule has 1 nitrogen and oxygen atoms in total. The van der Waals surface area contributed by atoms with Crippen LogP contribution in [0.1, 0.15) is 0 Å². The van der Waals surface area contributed by atoms with E-state index in [0.717, 1.165) is 11.1 Å². The summed E-state index contributed by atoms with van der Waals surface area (Å²) in [7, 11) is 0. The third kappa shape index (κ3) is 0.425. The van der Waals surface area contributed by atoms with E-state index in [9.17, 15) is 0 Å². The second-order valence-corrected chi connectivity index (χ2v) is 2.23. The quantitative estimate of drug-likeness (QED) is 0.470. The Bertz CT molecular complexity index is 251. The number of nitriles is 1. The Hall–Kier alpha value is -1.29. The third-order valence-corrected chi connectivity index (χ3v) is 1.73. The highest BCUT2D eigenvalue weighted by Crippen LogP contribution is 2.33. The van der Waals surface area contributed by atoms with Crippen LogP contribution in [0.25, 0.3) is 0 Å². The van der Waals surface area contributed by atoms with Crippen LogP contribution in [0.2, 0.25) is 0 Å². The minimum Gasteiger partial charge on any atom is -0.197 e. The summed E-state index contributed by atoms with van der Waals surface area (Å²) in [6.07, 6.45) is 8.01. The Morgan fingerprint density at radius 3 is 2.00 bits per heavy atom. The van der Waals surface area contributed by atoms with Crippen molar-refractivity contribution in [3.63, 3.8) is 0 Å². The van der Waals surface area contributed by atoms with Gasteiger partial charge in [0.25, 0.3) is 0 Å². The van der Waals surface area contributed by atoms with Crippen molar-refractivity contribution in [3.8, 4) is 6.07 Å². The lowest BCUT2D eigenvalue weighted by atomic mass is 10.1. The molecule has 42 valence electrons. The molecular weight excluding hydrogens is 110 g/mol. The van der Waals surface area contributed by atoms with E-state index in [-0.39, 0.29) is 5.92 Å². The van der Waals surface area contributed by atoms with E-state index in [4.69, 9.17) is 5.26 Å². The highest BCUT2D eigenvalue weighted by Gasteiger charge is 2.23. The largest absolute Gasteiger partial charge is 0.197 e. The molecule has 0 saturated heterocycles. The van der Waals surface area contributed by atoms with Gasteiger partial charge in [0.05, 0.1) is 12.0 Å². The maximum absolute atomic E-state index is 8.58. The number of fused-ring (bicyclic) bond motifs is 2. The van der Waals surface area contributed by atoms with Gasteiger partial charge in [0.1, 0.15) is 0 Å². The fourth-order valence-corrected chi connectivity index (χ4v) is 1.22. The molecule has 0 heterocycles. The smallest absolute Gasteiger partial charge is 0.0962 e. The Balaban J connectivity index is 2.52. The topological polar surface area (TPSA) is 23.8 Å². The van der Waals surface area contributed by atoms with Gasteiger partial charge in [-0.3, -0.25) is 0 Å². The SMILES string of the molecule is N#CC1C2=CC=C1C=C2. The predicted molar refractivity (Wildman–Crippen MR) is 34.4 cm³/mol.